The van der Waals surface area contributed by atoms with Gasteiger partial charge < -0.3 is 19.1 Å². The standard InChI is InChI=1S/C12H21NO4/c1-9(2)17-12(14)13-5-3-10(4-6-13)15-7-11-8-16-11/h9-11H,3-8H2,1-2H3. The van der Waals surface area contributed by atoms with Crippen LogP contribution in [-0.2, 0) is 14.2 Å². The van der Waals surface area contributed by atoms with E-state index in [0.717, 1.165) is 32.5 Å². The molecule has 2 rings (SSSR count). The summed E-state index contributed by atoms with van der Waals surface area (Å²) in [5.41, 5.74) is 0. The number of hydrogen-bond donors (Lipinski definition) is 0. The number of likely N-dealkylation sites (tertiary alicyclic amines) is 1. The Labute approximate surface area is 102 Å². The third kappa shape index (κ3) is 4.16. The van der Waals surface area contributed by atoms with E-state index in [2.05, 4.69) is 0 Å². The van der Waals surface area contributed by atoms with Crippen LogP contribution in [0.3, 0.4) is 0 Å². The zero-order valence-corrected chi connectivity index (χ0v) is 10.6. The molecule has 0 aliphatic carbocycles. The van der Waals surface area contributed by atoms with Crippen LogP contribution in [0.5, 0.6) is 0 Å². The molecule has 0 aromatic heterocycles. The van der Waals surface area contributed by atoms with E-state index < -0.39 is 0 Å². The van der Waals surface area contributed by atoms with Crippen LogP contribution in [0.1, 0.15) is 26.7 Å². The predicted molar refractivity (Wildman–Crippen MR) is 61.9 cm³/mol. The summed E-state index contributed by atoms with van der Waals surface area (Å²) in [7, 11) is 0. The zero-order chi connectivity index (χ0) is 12.3. The number of epoxide rings is 1. The van der Waals surface area contributed by atoms with Crippen LogP contribution in [0.4, 0.5) is 4.79 Å². The first-order valence-electron chi connectivity index (χ1n) is 6.34. The molecule has 17 heavy (non-hydrogen) atoms. The molecule has 5 heteroatoms. The van der Waals surface area contributed by atoms with E-state index in [1.54, 1.807) is 4.90 Å². The number of ether oxygens (including phenoxy) is 3. The summed E-state index contributed by atoms with van der Waals surface area (Å²) in [5, 5.41) is 0. The summed E-state index contributed by atoms with van der Waals surface area (Å²) in [6, 6.07) is 0. The van der Waals surface area contributed by atoms with E-state index in [1.165, 1.54) is 0 Å². The highest BCUT2D eigenvalue weighted by molar-refractivity contribution is 5.67. The van der Waals surface area contributed by atoms with Gasteiger partial charge in [-0.3, -0.25) is 0 Å². The van der Waals surface area contributed by atoms with Crippen molar-refractivity contribution in [2.75, 3.05) is 26.3 Å². The fraction of sp³-hybridized carbons (Fsp3) is 0.917. The zero-order valence-electron chi connectivity index (χ0n) is 10.6. The van der Waals surface area contributed by atoms with Gasteiger partial charge in [0.15, 0.2) is 0 Å². The number of carbonyl (C=O) groups is 1. The number of hydrogen-bond acceptors (Lipinski definition) is 4. The molecule has 0 N–H and O–H groups in total. The highest BCUT2D eigenvalue weighted by atomic mass is 16.6. The molecule has 1 atom stereocenters. The lowest BCUT2D eigenvalue weighted by atomic mass is 10.1. The van der Waals surface area contributed by atoms with Crippen molar-refractivity contribution in [3.8, 4) is 0 Å². The Balaban J connectivity index is 1.64. The van der Waals surface area contributed by atoms with Gasteiger partial charge in [0.25, 0.3) is 0 Å². The van der Waals surface area contributed by atoms with Crippen molar-refractivity contribution in [2.24, 2.45) is 0 Å². The Morgan fingerprint density at radius 3 is 2.59 bits per heavy atom. The van der Waals surface area contributed by atoms with Crippen molar-refractivity contribution in [3.05, 3.63) is 0 Å². The molecule has 2 fully saturated rings. The van der Waals surface area contributed by atoms with Gasteiger partial charge in [-0.1, -0.05) is 0 Å². The highest BCUT2D eigenvalue weighted by Crippen LogP contribution is 2.17. The van der Waals surface area contributed by atoms with Crippen molar-refractivity contribution in [3.63, 3.8) is 0 Å². The van der Waals surface area contributed by atoms with E-state index >= 15 is 0 Å². The van der Waals surface area contributed by atoms with Gasteiger partial charge in [0.1, 0.15) is 6.10 Å². The van der Waals surface area contributed by atoms with Crippen molar-refractivity contribution in [1.29, 1.82) is 0 Å². The molecule has 2 heterocycles. The quantitative estimate of drug-likeness (QED) is 0.701. The fourth-order valence-corrected chi connectivity index (χ4v) is 1.89. The molecule has 0 spiro atoms. The number of rotatable bonds is 4. The highest BCUT2D eigenvalue weighted by Gasteiger charge is 2.28. The molecule has 1 unspecified atom stereocenters. The van der Waals surface area contributed by atoms with Crippen LogP contribution in [-0.4, -0.2) is 55.6 Å². The summed E-state index contributed by atoms with van der Waals surface area (Å²) in [4.78, 5) is 13.4. The SMILES string of the molecule is CC(C)OC(=O)N1CCC(OCC2CO2)CC1. The molecule has 5 nitrogen and oxygen atoms in total. The number of amides is 1. The van der Waals surface area contributed by atoms with Gasteiger partial charge in [0.2, 0.25) is 0 Å². The molecule has 2 aliphatic rings. The number of carbonyl (C=O) groups excluding carboxylic acids is 1. The van der Waals surface area contributed by atoms with Gasteiger partial charge in [-0.2, -0.15) is 0 Å². The van der Waals surface area contributed by atoms with Gasteiger partial charge in [0.05, 0.1) is 25.4 Å². The summed E-state index contributed by atoms with van der Waals surface area (Å²) in [6.07, 6.45) is 2.11. The van der Waals surface area contributed by atoms with E-state index in [0.29, 0.717) is 12.7 Å². The molecule has 98 valence electrons. The summed E-state index contributed by atoms with van der Waals surface area (Å²) in [5.74, 6) is 0. The van der Waals surface area contributed by atoms with Crippen LogP contribution < -0.4 is 0 Å². The lowest BCUT2D eigenvalue weighted by Gasteiger charge is -2.31. The number of nitrogens with zero attached hydrogens (tertiary/aromatic N) is 1. The van der Waals surface area contributed by atoms with Gasteiger partial charge in [-0.05, 0) is 26.7 Å². The van der Waals surface area contributed by atoms with E-state index in [-0.39, 0.29) is 18.3 Å². The van der Waals surface area contributed by atoms with Crippen molar-refractivity contribution in [2.45, 2.75) is 45.0 Å². The Kier molecular flexibility index (Phi) is 4.23. The van der Waals surface area contributed by atoms with Crippen molar-refractivity contribution >= 4 is 6.09 Å². The minimum absolute atomic E-state index is 0.0523. The summed E-state index contributed by atoms with van der Waals surface area (Å²) >= 11 is 0. The van der Waals surface area contributed by atoms with Gasteiger partial charge in [-0.15, -0.1) is 0 Å². The Hall–Kier alpha value is -0.810. The lowest BCUT2D eigenvalue weighted by Crippen LogP contribution is -2.42. The largest absolute Gasteiger partial charge is 0.447 e. The molecule has 0 aromatic rings. The second-order valence-electron chi connectivity index (χ2n) is 4.91. The third-order valence-electron chi connectivity index (χ3n) is 2.96. The van der Waals surface area contributed by atoms with Crippen LogP contribution in [0, 0.1) is 0 Å². The minimum Gasteiger partial charge on any atom is -0.447 e. The number of piperidine rings is 1. The molecule has 0 radical (unpaired) electrons. The Bertz CT molecular complexity index is 257. The Morgan fingerprint density at radius 1 is 1.41 bits per heavy atom. The van der Waals surface area contributed by atoms with Gasteiger partial charge >= 0.3 is 6.09 Å². The molecule has 2 saturated heterocycles. The van der Waals surface area contributed by atoms with Crippen LogP contribution >= 0.6 is 0 Å². The molecular formula is C12H21NO4. The van der Waals surface area contributed by atoms with Gasteiger partial charge in [-0.25, -0.2) is 4.79 Å². The smallest absolute Gasteiger partial charge is 0.410 e. The lowest BCUT2D eigenvalue weighted by molar-refractivity contribution is -0.00322. The second-order valence-corrected chi connectivity index (χ2v) is 4.91. The fourth-order valence-electron chi connectivity index (χ4n) is 1.89. The van der Waals surface area contributed by atoms with Crippen LogP contribution in [0.25, 0.3) is 0 Å². The summed E-state index contributed by atoms with van der Waals surface area (Å²) < 4.78 is 16.0. The molecule has 1 amide bonds. The molecule has 0 bridgehead atoms. The monoisotopic (exact) mass is 243 g/mol. The van der Waals surface area contributed by atoms with Crippen LogP contribution in [0.2, 0.25) is 0 Å². The van der Waals surface area contributed by atoms with Crippen molar-refractivity contribution in [1.82, 2.24) is 4.90 Å². The molecule has 0 aromatic carbocycles. The first-order chi connectivity index (χ1) is 8.15. The first kappa shape index (κ1) is 12.6. The van der Waals surface area contributed by atoms with Crippen LogP contribution in [0.15, 0.2) is 0 Å². The Morgan fingerprint density at radius 2 is 2.06 bits per heavy atom. The topological polar surface area (TPSA) is 51.3 Å². The minimum atomic E-state index is -0.205. The van der Waals surface area contributed by atoms with Crippen molar-refractivity contribution < 1.29 is 19.0 Å². The second kappa shape index (κ2) is 5.69. The maximum Gasteiger partial charge on any atom is 0.410 e. The summed E-state index contributed by atoms with van der Waals surface area (Å²) in [6.45, 7) is 6.71. The van der Waals surface area contributed by atoms with E-state index in [4.69, 9.17) is 14.2 Å². The van der Waals surface area contributed by atoms with E-state index in [1.807, 2.05) is 13.8 Å². The third-order valence-corrected chi connectivity index (χ3v) is 2.96. The average molecular weight is 243 g/mol. The molecular weight excluding hydrogens is 222 g/mol. The molecule has 0 saturated carbocycles. The maximum atomic E-state index is 11.6. The first-order valence-corrected chi connectivity index (χ1v) is 6.34. The normalized spacial score (nSPS) is 25.1. The van der Waals surface area contributed by atoms with E-state index in [9.17, 15) is 4.79 Å². The predicted octanol–water partition coefficient (Wildman–Crippen LogP) is 1.41. The van der Waals surface area contributed by atoms with Gasteiger partial charge in [0, 0.05) is 13.1 Å². The maximum absolute atomic E-state index is 11.6. The molecule has 2 aliphatic heterocycles. The average Bonchev–Trinajstić information content (AvgIpc) is 3.10.